The average Bonchev–Trinajstić information content (AvgIpc) is 2.56. The fourth-order valence-corrected chi connectivity index (χ4v) is 2.64. The smallest absolute Gasteiger partial charge is 0.232 e. The van der Waals surface area contributed by atoms with Crippen molar-refractivity contribution in [3.05, 3.63) is 0 Å². The fraction of sp³-hybridized carbons (Fsp3) is 0.786. The van der Waals surface area contributed by atoms with Gasteiger partial charge in [-0.3, -0.25) is 0 Å². The van der Waals surface area contributed by atoms with Crippen LogP contribution in [0.25, 0.3) is 0 Å². The first-order valence-corrected chi connectivity index (χ1v) is 8.02. The highest BCUT2D eigenvalue weighted by atomic mass is 16.5. The largest absolute Gasteiger partial charge is 0.378 e. The first kappa shape index (κ1) is 15.2. The van der Waals surface area contributed by atoms with Crippen molar-refractivity contribution >= 4 is 17.8 Å². The van der Waals surface area contributed by atoms with Crippen LogP contribution in [0.5, 0.6) is 0 Å². The topological polar surface area (TPSA) is 69.7 Å². The van der Waals surface area contributed by atoms with Gasteiger partial charge in [0.05, 0.1) is 13.2 Å². The van der Waals surface area contributed by atoms with E-state index >= 15 is 0 Å². The molecule has 8 heteroatoms. The molecule has 8 nitrogen and oxygen atoms in total. The molecule has 0 radical (unpaired) electrons. The van der Waals surface area contributed by atoms with Crippen molar-refractivity contribution in [2.75, 3.05) is 81.2 Å². The van der Waals surface area contributed by atoms with Gasteiger partial charge < -0.3 is 24.8 Å². The molecule has 3 heterocycles. The number of morpholine rings is 1. The number of rotatable bonds is 4. The van der Waals surface area contributed by atoms with Crippen LogP contribution in [-0.4, -0.2) is 85.9 Å². The molecule has 1 N–H and O–H groups in total. The predicted molar refractivity (Wildman–Crippen MR) is 86.7 cm³/mol. The van der Waals surface area contributed by atoms with E-state index in [0.717, 1.165) is 70.9 Å². The molecule has 122 valence electrons. The van der Waals surface area contributed by atoms with Gasteiger partial charge in [0.15, 0.2) is 0 Å². The third-order valence-electron chi connectivity index (χ3n) is 4.03. The summed E-state index contributed by atoms with van der Waals surface area (Å²) in [6.07, 6.45) is 0. The molecular formula is C14H25N7O. The van der Waals surface area contributed by atoms with Crippen LogP contribution in [0.15, 0.2) is 0 Å². The Kier molecular flexibility index (Phi) is 4.89. The van der Waals surface area contributed by atoms with Gasteiger partial charge in [0.2, 0.25) is 17.8 Å². The molecule has 0 amide bonds. The first-order valence-electron chi connectivity index (χ1n) is 8.02. The summed E-state index contributed by atoms with van der Waals surface area (Å²) in [7, 11) is 2.15. The van der Waals surface area contributed by atoms with Crippen LogP contribution in [0.4, 0.5) is 17.8 Å². The number of piperazine rings is 1. The number of nitrogens with one attached hydrogen (secondary N) is 1. The van der Waals surface area contributed by atoms with E-state index in [1.165, 1.54) is 0 Å². The lowest BCUT2D eigenvalue weighted by molar-refractivity contribution is 0.122. The second-order valence-corrected chi connectivity index (χ2v) is 5.68. The Morgan fingerprint density at radius 3 is 2.09 bits per heavy atom. The molecule has 0 unspecified atom stereocenters. The Labute approximate surface area is 131 Å². The van der Waals surface area contributed by atoms with Gasteiger partial charge in [0, 0.05) is 45.8 Å². The van der Waals surface area contributed by atoms with Gasteiger partial charge in [-0.05, 0) is 14.0 Å². The van der Waals surface area contributed by atoms with Crippen LogP contribution in [0.2, 0.25) is 0 Å². The summed E-state index contributed by atoms with van der Waals surface area (Å²) in [6, 6.07) is 0. The molecule has 1 aromatic heterocycles. The first-order chi connectivity index (χ1) is 10.8. The molecule has 2 aliphatic rings. The Hall–Kier alpha value is -1.67. The molecule has 0 atom stereocenters. The fourth-order valence-electron chi connectivity index (χ4n) is 2.64. The molecular weight excluding hydrogens is 282 g/mol. The van der Waals surface area contributed by atoms with E-state index in [2.05, 4.69) is 37.0 Å². The minimum atomic E-state index is 0.660. The zero-order chi connectivity index (χ0) is 15.4. The lowest BCUT2D eigenvalue weighted by atomic mass is 10.3. The minimum absolute atomic E-state index is 0.660. The maximum Gasteiger partial charge on any atom is 0.232 e. The van der Waals surface area contributed by atoms with Gasteiger partial charge in [-0.2, -0.15) is 15.0 Å². The lowest BCUT2D eigenvalue weighted by Crippen LogP contribution is -2.45. The van der Waals surface area contributed by atoms with E-state index in [0.29, 0.717) is 5.95 Å². The van der Waals surface area contributed by atoms with Crippen molar-refractivity contribution < 1.29 is 4.74 Å². The maximum absolute atomic E-state index is 5.41. The number of likely N-dealkylation sites (N-methyl/N-ethyl adjacent to an activating group) is 1. The van der Waals surface area contributed by atoms with E-state index in [1.807, 2.05) is 6.92 Å². The number of aromatic nitrogens is 3. The second kappa shape index (κ2) is 7.06. The number of hydrogen-bond acceptors (Lipinski definition) is 8. The zero-order valence-corrected chi connectivity index (χ0v) is 13.5. The molecule has 0 saturated carbocycles. The van der Waals surface area contributed by atoms with Crippen molar-refractivity contribution in [3.63, 3.8) is 0 Å². The summed E-state index contributed by atoms with van der Waals surface area (Å²) in [6.45, 7) is 9.95. The SMILES string of the molecule is CCNc1nc(N2CCOCC2)nc(N2CCN(C)CC2)n1. The van der Waals surface area contributed by atoms with Gasteiger partial charge in [-0.15, -0.1) is 0 Å². The average molecular weight is 307 g/mol. The summed E-state index contributed by atoms with van der Waals surface area (Å²) in [5, 5.41) is 3.22. The number of nitrogens with zero attached hydrogens (tertiary/aromatic N) is 6. The quantitative estimate of drug-likeness (QED) is 0.826. The van der Waals surface area contributed by atoms with Gasteiger partial charge in [0.25, 0.3) is 0 Å². The number of ether oxygens (including phenoxy) is 1. The van der Waals surface area contributed by atoms with Crippen LogP contribution in [-0.2, 0) is 4.74 Å². The van der Waals surface area contributed by atoms with Gasteiger partial charge in [-0.1, -0.05) is 0 Å². The predicted octanol–water partition coefficient (Wildman–Crippen LogP) is -0.108. The molecule has 0 spiro atoms. The van der Waals surface area contributed by atoms with Crippen molar-refractivity contribution in [3.8, 4) is 0 Å². The standard InChI is InChI=1S/C14H25N7O/c1-3-15-12-16-13(20-6-4-19(2)5-7-20)18-14(17-12)21-8-10-22-11-9-21/h3-11H2,1-2H3,(H,15,16,17,18). The van der Waals surface area contributed by atoms with Crippen molar-refractivity contribution in [2.45, 2.75) is 6.92 Å². The Balaban J connectivity index is 1.83. The normalized spacial score (nSPS) is 20.3. The zero-order valence-electron chi connectivity index (χ0n) is 13.5. The van der Waals surface area contributed by atoms with Crippen LogP contribution in [0.3, 0.4) is 0 Å². The van der Waals surface area contributed by atoms with E-state index in [1.54, 1.807) is 0 Å². The molecule has 0 bridgehead atoms. The molecule has 22 heavy (non-hydrogen) atoms. The maximum atomic E-state index is 5.41. The summed E-state index contributed by atoms with van der Waals surface area (Å²) in [5.41, 5.74) is 0. The third kappa shape index (κ3) is 3.56. The summed E-state index contributed by atoms with van der Waals surface area (Å²) in [5.74, 6) is 2.19. The van der Waals surface area contributed by atoms with E-state index in [4.69, 9.17) is 9.72 Å². The summed E-state index contributed by atoms with van der Waals surface area (Å²) >= 11 is 0. The highest BCUT2D eigenvalue weighted by Gasteiger charge is 2.21. The lowest BCUT2D eigenvalue weighted by Gasteiger charge is -2.33. The van der Waals surface area contributed by atoms with Gasteiger partial charge in [0.1, 0.15) is 0 Å². The van der Waals surface area contributed by atoms with E-state index in [9.17, 15) is 0 Å². The van der Waals surface area contributed by atoms with Crippen molar-refractivity contribution in [1.82, 2.24) is 19.9 Å². The monoisotopic (exact) mass is 307 g/mol. The van der Waals surface area contributed by atoms with Crippen LogP contribution in [0, 0.1) is 0 Å². The highest BCUT2D eigenvalue weighted by Crippen LogP contribution is 2.18. The Bertz CT molecular complexity index is 484. The number of anilines is 3. The molecule has 1 aromatic rings. The molecule has 2 aliphatic heterocycles. The van der Waals surface area contributed by atoms with Crippen LogP contribution in [0.1, 0.15) is 6.92 Å². The van der Waals surface area contributed by atoms with E-state index < -0.39 is 0 Å². The molecule has 3 rings (SSSR count). The summed E-state index contributed by atoms with van der Waals surface area (Å²) < 4.78 is 5.41. The van der Waals surface area contributed by atoms with Crippen molar-refractivity contribution in [1.29, 1.82) is 0 Å². The third-order valence-corrected chi connectivity index (χ3v) is 4.03. The molecule has 2 saturated heterocycles. The van der Waals surface area contributed by atoms with E-state index in [-0.39, 0.29) is 0 Å². The van der Waals surface area contributed by atoms with Gasteiger partial charge in [-0.25, -0.2) is 0 Å². The Morgan fingerprint density at radius 2 is 1.50 bits per heavy atom. The number of hydrogen-bond donors (Lipinski definition) is 1. The van der Waals surface area contributed by atoms with Gasteiger partial charge >= 0.3 is 0 Å². The van der Waals surface area contributed by atoms with Crippen LogP contribution < -0.4 is 15.1 Å². The van der Waals surface area contributed by atoms with Crippen LogP contribution >= 0.6 is 0 Å². The molecule has 2 fully saturated rings. The minimum Gasteiger partial charge on any atom is -0.378 e. The highest BCUT2D eigenvalue weighted by molar-refractivity contribution is 5.45. The Morgan fingerprint density at radius 1 is 0.909 bits per heavy atom. The second-order valence-electron chi connectivity index (χ2n) is 5.68. The molecule has 0 aliphatic carbocycles. The summed E-state index contributed by atoms with van der Waals surface area (Å²) in [4.78, 5) is 20.6. The molecule has 0 aromatic carbocycles. The van der Waals surface area contributed by atoms with Crippen molar-refractivity contribution in [2.24, 2.45) is 0 Å².